The summed E-state index contributed by atoms with van der Waals surface area (Å²) in [5, 5.41) is -0.0337. The Labute approximate surface area is 112 Å². The van der Waals surface area contributed by atoms with E-state index in [1.165, 1.54) is 6.07 Å². The van der Waals surface area contributed by atoms with E-state index >= 15 is 0 Å². The number of hydrogen-bond donors (Lipinski definition) is 2. The van der Waals surface area contributed by atoms with E-state index in [0.717, 1.165) is 19.4 Å². The Bertz CT molecular complexity index is 458. The first-order chi connectivity index (χ1) is 8.41. The average Bonchev–Trinajstić information content (AvgIpc) is 3.08. The van der Waals surface area contributed by atoms with Crippen LogP contribution in [0.25, 0.3) is 0 Å². The number of nitrogens with zero attached hydrogens (tertiary/aromatic N) is 1. The second-order valence-electron chi connectivity index (χ2n) is 5.31. The normalized spacial score (nSPS) is 15.2. The summed E-state index contributed by atoms with van der Waals surface area (Å²) in [5.74, 6) is -0.0672. The standard InChI is InChI=1S/C13H19ClFN3/c1-7(2)6-18(8-3-4-8)13-10(17)5-9(16)11(14)12(13)15/h5,7-8H,3-4,6,16-17H2,1-2H3. The van der Waals surface area contributed by atoms with Crippen LogP contribution in [-0.2, 0) is 0 Å². The van der Waals surface area contributed by atoms with Gasteiger partial charge >= 0.3 is 0 Å². The van der Waals surface area contributed by atoms with Crippen molar-refractivity contribution in [3.05, 3.63) is 16.9 Å². The Kier molecular flexibility index (Phi) is 3.57. The van der Waals surface area contributed by atoms with E-state index in [1.807, 2.05) is 4.90 Å². The number of nitrogens with two attached hydrogens (primary N) is 2. The summed E-state index contributed by atoms with van der Waals surface area (Å²) in [6.07, 6.45) is 2.15. The Morgan fingerprint density at radius 3 is 2.50 bits per heavy atom. The van der Waals surface area contributed by atoms with Crippen LogP contribution < -0.4 is 16.4 Å². The summed E-state index contributed by atoms with van der Waals surface area (Å²) >= 11 is 5.88. The van der Waals surface area contributed by atoms with Crippen molar-refractivity contribution >= 4 is 28.7 Å². The monoisotopic (exact) mass is 271 g/mol. The molecule has 0 spiro atoms. The minimum atomic E-state index is -0.498. The molecule has 5 heteroatoms. The van der Waals surface area contributed by atoms with Gasteiger partial charge in [-0.2, -0.15) is 0 Å². The zero-order valence-electron chi connectivity index (χ0n) is 10.7. The molecule has 1 aliphatic rings. The third-order valence-electron chi connectivity index (χ3n) is 3.08. The van der Waals surface area contributed by atoms with Crippen LogP contribution in [0, 0.1) is 11.7 Å². The van der Waals surface area contributed by atoms with Gasteiger partial charge in [0.2, 0.25) is 0 Å². The van der Waals surface area contributed by atoms with Gasteiger partial charge < -0.3 is 16.4 Å². The van der Waals surface area contributed by atoms with Crippen molar-refractivity contribution < 1.29 is 4.39 Å². The molecule has 0 heterocycles. The maximum absolute atomic E-state index is 14.3. The number of hydrogen-bond acceptors (Lipinski definition) is 3. The number of nitrogen functional groups attached to an aromatic ring is 2. The van der Waals surface area contributed by atoms with Crippen LogP contribution in [0.3, 0.4) is 0 Å². The fourth-order valence-electron chi connectivity index (χ4n) is 2.15. The Balaban J connectivity index is 2.43. The highest BCUT2D eigenvalue weighted by Crippen LogP contribution is 2.41. The lowest BCUT2D eigenvalue weighted by Gasteiger charge is -2.28. The van der Waals surface area contributed by atoms with Crippen molar-refractivity contribution in [1.82, 2.24) is 0 Å². The molecule has 3 nitrogen and oxygen atoms in total. The van der Waals surface area contributed by atoms with Gasteiger partial charge in [-0.3, -0.25) is 0 Å². The molecule has 1 aromatic rings. The molecule has 1 aliphatic carbocycles. The molecule has 1 fully saturated rings. The van der Waals surface area contributed by atoms with Gasteiger partial charge in [0.15, 0.2) is 5.82 Å². The molecule has 1 saturated carbocycles. The van der Waals surface area contributed by atoms with E-state index in [4.69, 9.17) is 23.1 Å². The second kappa shape index (κ2) is 4.84. The topological polar surface area (TPSA) is 55.3 Å². The van der Waals surface area contributed by atoms with Gasteiger partial charge in [0.05, 0.1) is 17.1 Å². The molecule has 0 amide bonds. The van der Waals surface area contributed by atoms with Crippen LogP contribution in [0.5, 0.6) is 0 Å². The SMILES string of the molecule is CC(C)CN(c1c(N)cc(N)c(Cl)c1F)C1CC1. The van der Waals surface area contributed by atoms with Gasteiger partial charge in [-0.05, 0) is 24.8 Å². The Hall–Kier alpha value is -1.16. The molecule has 0 aromatic heterocycles. The van der Waals surface area contributed by atoms with E-state index in [0.29, 0.717) is 23.3 Å². The average molecular weight is 272 g/mol. The molecule has 0 aliphatic heterocycles. The zero-order valence-corrected chi connectivity index (χ0v) is 11.5. The molecule has 0 unspecified atom stereocenters. The maximum atomic E-state index is 14.3. The van der Waals surface area contributed by atoms with Crippen LogP contribution in [0.1, 0.15) is 26.7 Å². The van der Waals surface area contributed by atoms with Gasteiger partial charge in [0.1, 0.15) is 5.02 Å². The number of rotatable bonds is 4. The molecule has 0 bridgehead atoms. The third-order valence-corrected chi connectivity index (χ3v) is 3.46. The van der Waals surface area contributed by atoms with Crippen LogP contribution in [0.4, 0.5) is 21.5 Å². The summed E-state index contributed by atoms with van der Waals surface area (Å²) in [7, 11) is 0. The van der Waals surface area contributed by atoms with Gasteiger partial charge in [0.25, 0.3) is 0 Å². The lowest BCUT2D eigenvalue weighted by molar-refractivity contribution is 0.579. The van der Waals surface area contributed by atoms with E-state index in [1.54, 1.807) is 0 Å². The third kappa shape index (κ3) is 2.48. The van der Waals surface area contributed by atoms with Gasteiger partial charge in [-0.1, -0.05) is 25.4 Å². The molecular weight excluding hydrogens is 253 g/mol. The lowest BCUT2D eigenvalue weighted by atomic mass is 10.1. The van der Waals surface area contributed by atoms with Crippen LogP contribution in [0.15, 0.2) is 6.07 Å². The van der Waals surface area contributed by atoms with Crippen molar-refractivity contribution in [2.24, 2.45) is 5.92 Å². The Morgan fingerprint density at radius 2 is 2.00 bits per heavy atom. The van der Waals surface area contributed by atoms with Crippen molar-refractivity contribution in [3.63, 3.8) is 0 Å². The lowest BCUT2D eigenvalue weighted by Crippen LogP contribution is -2.31. The summed E-state index contributed by atoms with van der Waals surface area (Å²) in [6.45, 7) is 4.97. The minimum Gasteiger partial charge on any atom is -0.397 e. The number of anilines is 3. The van der Waals surface area contributed by atoms with Gasteiger partial charge in [-0.25, -0.2) is 4.39 Å². The van der Waals surface area contributed by atoms with E-state index < -0.39 is 5.82 Å². The first kappa shape index (κ1) is 13.3. The summed E-state index contributed by atoms with van der Waals surface area (Å²) in [6, 6.07) is 1.92. The maximum Gasteiger partial charge on any atom is 0.169 e. The smallest absolute Gasteiger partial charge is 0.169 e. The van der Waals surface area contributed by atoms with Crippen molar-refractivity contribution in [2.45, 2.75) is 32.7 Å². The van der Waals surface area contributed by atoms with E-state index in [-0.39, 0.29) is 10.7 Å². The zero-order chi connectivity index (χ0) is 13.4. The Morgan fingerprint density at radius 1 is 1.39 bits per heavy atom. The van der Waals surface area contributed by atoms with Crippen LogP contribution >= 0.6 is 11.6 Å². The first-order valence-corrected chi connectivity index (χ1v) is 6.59. The van der Waals surface area contributed by atoms with Crippen LogP contribution in [0.2, 0.25) is 5.02 Å². The highest BCUT2D eigenvalue weighted by atomic mass is 35.5. The van der Waals surface area contributed by atoms with E-state index in [2.05, 4.69) is 13.8 Å². The fraction of sp³-hybridized carbons (Fsp3) is 0.538. The number of benzene rings is 1. The largest absolute Gasteiger partial charge is 0.397 e. The molecule has 0 radical (unpaired) electrons. The molecule has 0 saturated heterocycles. The summed E-state index contributed by atoms with van der Waals surface area (Å²) in [5.41, 5.74) is 12.5. The minimum absolute atomic E-state index is 0.0337. The highest BCUT2D eigenvalue weighted by molar-refractivity contribution is 6.33. The predicted octanol–water partition coefficient (Wildman–Crippen LogP) is 3.27. The molecule has 18 heavy (non-hydrogen) atoms. The second-order valence-corrected chi connectivity index (χ2v) is 5.69. The molecule has 4 N–H and O–H groups in total. The number of halogens is 2. The first-order valence-electron chi connectivity index (χ1n) is 6.21. The predicted molar refractivity (Wildman–Crippen MR) is 75.4 cm³/mol. The summed E-state index contributed by atoms with van der Waals surface area (Å²) < 4.78 is 14.3. The van der Waals surface area contributed by atoms with Crippen molar-refractivity contribution in [2.75, 3.05) is 22.9 Å². The fourth-order valence-corrected chi connectivity index (χ4v) is 2.30. The van der Waals surface area contributed by atoms with Gasteiger partial charge in [-0.15, -0.1) is 0 Å². The summed E-state index contributed by atoms with van der Waals surface area (Å²) in [4.78, 5) is 2.03. The molecule has 100 valence electrons. The van der Waals surface area contributed by atoms with Crippen LogP contribution in [-0.4, -0.2) is 12.6 Å². The quantitative estimate of drug-likeness (QED) is 0.827. The van der Waals surface area contributed by atoms with E-state index in [9.17, 15) is 4.39 Å². The van der Waals surface area contributed by atoms with Gasteiger partial charge in [0, 0.05) is 12.6 Å². The van der Waals surface area contributed by atoms with Crippen molar-refractivity contribution in [1.29, 1.82) is 0 Å². The molecule has 2 rings (SSSR count). The molecule has 0 atom stereocenters. The van der Waals surface area contributed by atoms with Crippen molar-refractivity contribution in [3.8, 4) is 0 Å². The molecule has 1 aromatic carbocycles. The highest BCUT2D eigenvalue weighted by Gasteiger charge is 2.33. The molecular formula is C13H19ClFN3.